The van der Waals surface area contributed by atoms with E-state index in [9.17, 15) is 14.7 Å². The Bertz CT molecular complexity index is 498. The van der Waals surface area contributed by atoms with E-state index >= 15 is 0 Å². The number of nitrogens with zero attached hydrogens (tertiary/aromatic N) is 1. The largest absolute Gasteiger partial charge is 0.508 e. The number of morpholine rings is 1. The summed E-state index contributed by atoms with van der Waals surface area (Å²) in [7, 11) is 0. The topological polar surface area (TPSA) is 87.1 Å². The molecule has 6 heteroatoms. The number of hydrogen-bond donors (Lipinski definition) is 2. The molecule has 0 radical (unpaired) electrons. The van der Waals surface area contributed by atoms with Crippen LogP contribution in [0, 0.1) is 0 Å². The summed E-state index contributed by atoms with van der Waals surface area (Å²) in [6, 6.07) is 6.43. The third kappa shape index (κ3) is 2.85. The molecule has 1 heterocycles. The second kappa shape index (κ2) is 4.89. The maximum atomic E-state index is 11.7. The second-order valence-corrected chi connectivity index (χ2v) is 4.74. The molecule has 102 valence electrons. The molecule has 0 bridgehead atoms. The minimum atomic E-state index is -1.37. The Balaban J connectivity index is 2.12. The highest BCUT2D eigenvalue weighted by molar-refractivity contribution is 5.83. The van der Waals surface area contributed by atoms with Crippen LogP contribution < -0.4 is 0 Å². The van der Waals surface area contributed by atoms with Crippen LogP contribution in [-0.4, -0.2) is 45.7 Å². The number of carbonyl (C=O) groups is 2. The lowest BCUT2D eigenvalue weighted by molar-refractivity contribution is -0.182. The van der Waals surface area contributed by atoms with Crippen LogP contribution in [0.2, 0.25) is 0 Å². The number of phenolic OH excluding ortho intramolecular Hbond substituents is 1. The molecule has 0 aliphatic carbocycles. The van der Waals surface area contributed by atoms with Gasteiger partial charge in [-0.05, 0) is 24.6 Å². The predicted molar refractivity (Wildman–Crippen MR) is 65.5 cm³/mol. The standard InChI is InChI=1S/C13H15NO5/c1-13(12(17)18)8-14(11(16)7-19-13)6-9-2-4-10(15)5-3-9/h2-5,15H,6-8H2,1H3,(H,17,18). The van der Waals surface area contributed by atoms with Gasteiger partial charge in [0.25, 0.3) is 0 Å². The van der Waals surface area contributed by atoms with Crippen LogP contribution in [0.3, 0.4) is 0 Å². The zero-order valence-corrected chi connectivity index (χ0v) is 10.5. The number of carbonyl (C=O) groups excluding carboxylic acids is 1. The van der Waals surface area contributed by atoms with Gasteiger partial charge in [-0.25, -0.2) is 4.79 Å². The first-order chi connectivity index (χ1) is 8.90. The zero-order chi connectivity index (χ0) is 14.0. The maximum Gasteiger partial charge on any atom is 0.337 e. The number of hydrogen-bond acceptors (Lipinski definition) is 4. The summed E-state index contributed by atoms with van der Waals surface area (Å²) in [5, 5.41) is 18.3. The molecule has 1 unspecified atom stereocenters. The Hall–Kier alpha value is -2.08. The van der Waals surface area contributed by atoms with Crippen LogP contribution in [0.25, 0.3) is 0 Å². The molecular weight excluding hydrogens is 250 g/mol. The fraction of sp³-hybridized carbons (Fsp3) is 0.385. The van der Waals surface area contributed by atoms with Crippen molar-refractivity contribution in [3.63, 3.8) is 0 Å². The lowest BCUT2D eigenvalue weighted by Crippen LogP contribution is -2.56. The van der Waals surface area contributed by atoms with Gasteiger partial charge in [0, 0.05) is 6.54 Å². The molecule has 2 N–H and O–H groups in total. The van der Waals surface area contributed by atoms with Crippen molar-refractivity contribution in [2.45, 2.75) is 19.1 Å². The van der Waals surface area contributed by atoms with Crippen LogP contribution in [0.15, 0.2) is 24.3 Å². The summed E-state index contributed by atoms with van der Waals surface area (Å²) in [5.41, 5.74) is -0.550. The minimum Gasteiger partial charge on any atom is -0.508 e. The number of phenols is 1. The molecule has 0 saturated carbocycles. The van der Waals surface area contributed by atoms with Crippen LogP contribution in [0.1, 0.15) is 12.5 Å². The summed E-state index contributed by atoms with van der Waals surface area (Å²) >= 11 is 0. The monoisotopic (exact) mass is 265 g/mol. The van der Waals surface area contributed by atoms with Crippen molar-refractivity contribution in [3.05, 3.63) is 29.8 Å². The number of carboxylic acids is 1. The highest BCUT2D eigenvalue weighted by Crippen LogP contribution is 2.21. The Morgan fingerprint density at radius 2 is 2.05 bits per heavy atom. The Kier molecular flexibility index (Phi) is 3.44. The SMILES string of the molecule is CC1(C(=O)O)CN(Cc2ccc(O)cc2)C(=O)CO1. The molecule has 19 heavy (non-hydrogen) atoms. The molecule has 0 spiro atoms. The van der Waals surface area contributed by atoms with Crippen molar-refractivity contribution < 1.29 is 24.5 Å². The summed E-state index contributed by atoms with van der Waals surface area (Å²) in [4.78, 5) is 24.3. The van der Waals surface area contributed by atoms with Gasteiger partial charge >= 0.3 is 5.97 Å². The minimum absolute atomic E-state index is 0.00203. The lowest BCUT2D eigenvalue weighted by atomic mass is 10.0. The Morgan fingerprint density at radius 1 is 1.42 bits per heavy atom. The number of aromatic hydroxyl groups is 1. The first-order valence-corrected chi connectivity index (χ1v) is 5.84. The smallest absolute Gasteiger partial charge is 0.337 e. The summed E-state index contributed by atoms with van der Waals surface area (Å²) in [6.45, 7) is 1.51. The molecule has 1 aromatic carbocycles. The molecule has 1 aliphatic heterocycles. The average molecular weight is 265 g/mol. The van der Waals surface area contributed by atoms with Crippen LogP contribution >= 0.6 is 0 Å². The van der Waals surface area contributed by atoms with E-state index in [-0.39, 0.29) is 24.8 Å². The molecule has 0 aromatic heterocycles. The van der Waals surface area contributed by atoms with Crippen molar-refractivity contribution in [1.29, 1.82) is 0 Å². The number of aliphatic carboxylic acids is 1. The molecule has 1 saturated heterocycles. The van der Waals surface area contributed by atoms with Crippen molar-refractivity contribution in [1.82, 2.24) is 4.90 Å². The zero-order valence-electron chi connectivity index (χ0n) is 10.5. The first kappa shape index (κ1) is 13.4. The Morgan fingerprint density at radius 3 is 2.63 bits per heavy atom. The van der Waals surface area contributed by atoms with Crippen LogP contribution in [-0.2, 0) is 20.9 Å². The molecule has 1 amide bonds. The van der Waals surface area contributed by atoms with Gasteiger partial charge in [-0.2, -0.15) is 0 Å². The molecule has 6 nitrogen and oxygen atoms in total. The fourth-order valence-electron chi connectivity index (χ4n) is 1.91. The third-order valence-corrected chi connectivity index (χ3v) is 3.12. The van der Waals surface area contributed by atoms with E-state index in [0.717, 1.165) is 5.56 Å². The van der Waals surface area contributed by atoms with Gasteiger partial charge in [-0.1, -0.05) is 12.1 Å². The maximum absolute atomic E-state index is 11.7. The number of rotatable bonds is 3. The Labute approximate surface area is 110 Å². The van der Waals surface area contributed by atoms with E-state index < -0.39 is 11.6 Å². The lowest BCUT2D eigenvalue weighted by Gasteiger charge is -2.37. The molecule has 1 aliphatic rings. The number of amides is 1. The molecule has 1 fully saturated rings. The van der Waals surface area contributed by atoms with Crippen molar-refractivity contribution in [3.8, 4) is 5.75 Å². The van der Waals surface area contributed by atoms with Gasteiger partial charge < -0.3 is 19.8 Å². The van der Waals surface area contributed by atoms with Gasteiger partial charge in [-0.15, -0.1) is 0 Å². The second-order valence-electron chi connectivity index (χ2n) is 4.74. The number of carboxylic acid groups (broad SMARTS) is 1. The fourth-order valence-corrected chi connectivity index (χ4v) is 1.91. The quantitative estimate of drug-likeness (QED) is 0.835. The molecule has 1 atom stereocenters. The van der Waals surface area contributed by atoms with Gasteiger partial charge in [0.1, 0.15) is 12.4 Å². The van der Waals surface area contributed by atoms with E-state index in [0.29, 0.717) is 6.54 Å². The van der Waals surface area contributed by atoms with Crippen LogP contribution in [0.5, 0.6) is 5.75 Å². The van der Waals surface area contributed by atoms with Crippen molar-refractivity contribution in [2.24, 2.45) is 0 Å². The van der Waals surface area contributed by atoms with Crippen molar-refractivity contribution >= 4 is 11.9 Å². The summed E-state index contributed by atoms with van der Waals surface area (Å²) in [5.74, 6) is -1.19. The van der Waals surface area contributed by atoms with Gasteiger partial charge in [0.2, 0.25) is 5.91 Å². The summed E-state index contributed by atoms with van der Waals surface area (Å²) < 4.78 is 5.10. The van der Waals surface area contributed by atoms with Crippen molar-refractivity contribution in [2.75, 3.05) is 13.2 Å². The van der Waals surface area contributed by atoms with Gasteiger partial charge in [0.15, 0.2) is 5.60 Å². The highest BCUT2D eigenvalue weighted by Gasteiger charge is 2.42. The third-order valence-electron chi connectivity index (χ3n) is 3.12. The van der Waals surface area contributed by atoms with Gasteiger partial charge in [0.05, 0.1) is 6.54 Å². The molecule has 2 rings (SSSR count). The normalized spacial score (nSPS) is 23.4. The van der Waals surface area contributed by atoms with E-state index in [1.165, 1.54) is 24.0 Å². The summed E-state index contributed by atoms with van der Waals surface area (Å²) in [6.07, 6.45) is 0. The average Bonchev–Trinajstić information content (AvgIpc) is 2.36. The first-order valence-electron chi connectivity index (χ1n) is 5.84. The molecule has 1 aromatic rings. The number of ether oxygens (including phenoxy) is 1. The van der Waals surface area contributed by atoms with E-state index in [2.05, 4.69) is 0 Å². The highest BCUT2D eigenvalue weighted by atomic mass is 16.5. The van der Waals surface area contributed by atoms with Crippen LogP contribution in [0.4, 0.5) is 0 Å². The number of benzene rings is 1. The van der Waals surface area contributed by atoms with E-state index in [4.69, 9.17) is 9.84 Å². The van der Waals surface area contributed by atoms with E-state index in [1.807, 2.05) is 0 Å². The predicted octanol–water partition coefficient (Wildman–Crippen LogP) is 0.594. The molecular formula is C13H15NO5. The van der Waals surface area contributed by atoms with Gasteiger partial charge in [-0.3, -0.25) is 4.79 Å². The van der Waals surface area contributed by atoms with E-state index in [1.54, 1.807) is 12.1 Å².